The van der Waals surface area contributed by atoms with Gasteiger partial charge in [0.25, 0.3) is 0 Å². The molecule has 0 unspecified atom stereocenters. The first-order valence-corrected chi connectivity index (χ1v) is 7.10. The van der Waals surface area contributed by atoms with Gasteiger partial charge in [-0.05, 0) is 18.6 Å². The zero-order valence-corrected chi connectivity index (χ0v) is 17.9. The third-order valence-electron chi connectivity index (χ3n) is 3.88. The summed E-state index contributed by atoms with van der Waals surface area (Å²) in [6, 6.07) is 1.56. The number of carbonyl (C=O) groups excluding carboxylic acids is 1. The molecule has 0 saturated carbocycles. The summed E-state index contributed by atoms with van der Waals surface area (Å²) in [6.07, 6.45) is 0.447. The second-order valence-electron chi connectivity index (χ2n) is 5.10. The fraction of sp³-hybridized carbons (Fsp3) is 0.294. The SMILES string of the molecule is [CH2-]CN(C[CH2-])Cc1c(C)c(=O)oc2c(C=O)c(O)c(OC)cc12.[U+2]. The average molecular weight is 555 g/mol. The molecule has 24 heavy (non-hydrogen) atoms. The fourth-order valence-corrected chi connectivity index (χ4v) is 2.44. The van der Waals surface area contributed by atoms with E-state index in [4.69, 9.17) is 9.15 Å². The van der Waals surface area contributed by atoms with Crippen molar-refractivity contribution in [1.29, 1.82) is 0 Å². The Morgan fingerprint density at radius 2 is 2.00 bits per heavy atom. The number of methoxy groups -OCH3 is 1. The Balaban J connectivity index is 0.00000288. The Kier molecular flexibility index (Phi) is 7.53. The third-order valence-corrected chi connectivity index (χ3v) is 3.88. The smallest absolute Gasteiger partial charge is 0.504 e. The van der Waals surface area contributed by atoms with Crippen LogP contribution in [0.25, 0.3) is 11.0 Å². The first kappa shape index (κ1) is 20.8. The van der Waals surface area contributed by atoms with Gasteiger partial charge in [-0.2, -0.15) is 0 Å². The van der Waals surface area contributed by atoms with Crippen LogP contribution in [-0.2, 0) is 6.54 Å². The van der Waals surface area contributed by atoms with Gasteiger partial charge in [-0.3, -0.25) is 4.79 Å². The summed E-state index contributed by atoms with van der Waals surface area (Å²) in [5.41, 5.74) is 0.539. The Morgan fingerprint density at radius 3 is 2.50 bits per heavy atom. The Morgan fingerprint density at radius 1 is 1.38 bits per heavy atom. The molecule has 0 amide bonds. The zero-order valence-electron chi connectivity index (χ0n) is 13.7. The maximum absolute atomic E-state index is 12.1. The molecule has 0 fully saturated rings. The molecule has 2 rings (SSSR count). The quantitative estimate of drug-likeness (QED) is 0.334. The maximum atomic E-state index is 12.1. The Bertz CT molecular complexity index is 796. The fourth-order valence-electron chi connectivity index (χ4n) is 2.44. The number of ether oxygens (including phenoxy) is 1. The van der Waals surface area contributed by atoms with Crippen LogP contribution in [0.3, 0.4) is 0 Å². The van der Waals surface area contributed by atoms with Gasteiger partial charge in [-0.1, -0.05) is 0 Å². The van der Waals surface area contributed by atoms with Gasteiger partial charge in [-0.15, -0.1) is 13.1 Å². The molecule has 126 valence electrons. The molecule has 0 saturated heterocycles. The predicted molar refractivity (Wildman–Crippen MR) is 86.8 cm³/mol. The monoisotopic (exact) mass is 555 g/mol. The van der Waals surface area contributed by atoms with Crippen molar-refractivity contribution in [3.63, 3.8) is 0 Å². The summed E-state index contributed by atoms with van der Waals surface area (Å²) in [7, 11) is 1.39. The van der Waals surface area contributed by atoms with Gasteiger partial charge >= 0.3 is 36.7 Å². The number of aldehydes is 1. The molecule has 2 aromatic rings. The van der Waals surface area contributed by atoms with E-state index >= 15 is 0 Å². The van der Waals surface area contributed by atoms with E-state index in [2.05, 4.69) is 13.8 Å². The average Bonchev–Trinajstić information content (AvgIpc) is 2.55. The van der Waals surface area contributed by atoms with Gasteiger partial charge in [0.2, 0.25) is 0 Å². The molecule has 0 radical (unpaired) electrons. The molecule has 0 bridgehead atoms. The number of phenols is 1. The van der Waals surface area contributed by atoms with E-state index in [0.29, 0.717) is 42.4 Å². The van der Waals surface area contributed by atoms with Crippen molar-refractivity contribution in [3.05, 3.63) is 47.0 Å². The number of fused-ring (bicyclic) bond motifs is 1. The molecular formula is C17H19NO5U. The molecule has 0 spiro atoms. The summed E-state index contributed by atoms with van der Waals surface area (Å²) >= 11 is 0. The van der Waals surface area contributed by atoms with Crippen molar-refractivity contribution < 1.29 is 50.2 Å². The summed E-state index contributed by atoms with van der Waals surface area (Å²) in [6.45, 7) is 10.8. The van der Waals surface area contributed by atoms with Crippen molar-refractivity contribution in [2.75, 3.05) is 20.2 Å². The summed E-state index contributed by atoms with van der Waals surface area (Å²) in [5.74, 6) is -0.205. The Hall–Kier alpha value is -1.29. The molecule has 0 atom stereocenters. The maximum Gasteiger partial charge on any atom is 2.00 e. The summed E-state index contributed by atoms with van der Waals surface area (Å²) < 4.78 is 10.3. The number of rotatable bonds is 6. The minimum atomic E-state index is -0.548. The number of nitrogens with zero attached hydrogens (tertiary/aromatic N) is 1. The van der Waals surface area contributed by atoms with Gasteiger partial charge in [0.15, 0.2) is 23.4 Å². The van der Waals surface area contributed by atoms with Gasteiger partial charge in [0.1, 0.15) is 5.56 Å². The normalized spacial score (nSPS) is 10.7. The van der Waals surface area contributed by atoms with Crippen LogP contribution in [0.1, 0.15) is 21.5 Å². The van der Waals surface area contributed by atoms with Crippen LogP contribution in [0, 0.1) is 51.9 Å². The van der Waals surface area contributed by atoms with Gasteiger partial charge in [-0.25, -0.2) is 4.79 Å². The van der Waals surface area contributed by atoms with E-state index < -0.39 is 5.63 Å². The molecule has 0 aliphatic carbocycles. The number of carbonyl (C=O) groups is 1. The molecule has 1 heterocycles. The van der Waals surface area contributed by atoms with Crippen LogP contribution >= 0.6 is 0 Å². The van der Waals surface area contributed by atoms with Crippen LogP contribution in [0.15, 0.2) is 15.3 Å². The molecule has 6 nitrogen and oxygen atoms in total. The Labute approximate surface area is 164 Å². The zero-order chi connectivity index (χ0) is 17.1. The molecule has 1 N–H and O–H groups in total. The van der Waals surface area contributed by atoms with E-state index in [9.17, 15) is 14.7 Å². The molecule has 0 aliphatic heterocycles. The standard InChI is InChI=1S/C17H19NO5.U/c1-5-18(6-2)8-12-10(3)17(21)23-16-11(12)7-14(22-4)15(20)13(16)9-19;/h7,9,20H,1-2,5-6,8H2,3-4H3;/q-2;+2. The number of benzene rings is 1. The first-order valence-electron chi connectivity index (χ1n) is 7.10. The van der Waals surface area contributed by atoms with E-state index in [1.165, 1.54) is 7.11 Å². The molecule has 1 aromatic heterocycles. The number of hydrogen-bond donors (Lipinski definition) is 1. The van der Waals surface area contributed by atoms with Crippen LogP contribution in [-0.4, -0.2) is 36.5 Å². The van der Waals surface area contributed by atoms with Gasteiger partial charge in [0, 0.05) is 17.5 Å². The van der Waals surface area contributed by atoms with Crippen molar-refractivity contribution in [2.45, 2.75) is 13.5 Å². The number of hydrogen-bond acceptors (Lipinski definition) is 6. The van der Waals surface area contributed by atoms with Crippen molar-refractivity contribution in [2.24, 2.45) is 0 Å². The second kappa shape index (κ2) is 8.70. The van der Waals surface area contributed by atoms with Crippen LogP contribution in [0.2, 0.25) is 0 Å². The number of phenolic OH excluding ortho intramolecular Hbond substituents is 1. The molecular weight excluding hydrogens is 536 g/mol. The van der Waals surface area contributed by atoms with Crippen LogP contribution in [0.4, 0.5) is 0 Å². The molecule has 1 aromatic carbocycles. The minimum absolute atomic E-state index is 0. The van der Waals surface area contributed by atoms with Crippen LogP contribution in [0.5, 0.6) is 11.5 Å². The van der Waals surface area contributed by atoms with E-state index in [1.807, 2.05) is 4.90 Å². The number of aromatic hydroxyl groups is 1. The minimum Gasteiger partial charge on any atom is -0.504 e. The van der Waals surface area contributed by atoms with E-state index in [0.717, 1.165) is 0 Å². The predicted octanol–water partition coefficient (Wildman–Crippen LogP) is 2.10. The van der Waals surface area contributed by atoms with Crippen molar-refractivity contribution in [3.8, 4) is 11.5 Å². The van der Waals surface area contributed by atoms with E-state index in [1.54, 1.807) is 13.0 Å². The molecule has 7 heteroatoms. The van der Waals surface area contributed by atoms with E-state index in [-0.39, 0.29) is 53.8 Å². The summed E-state index contributed by atoms with van der Waals surface area (Å²) in [4.78, 5) is 25.4. The third kappa shape index (κ3) is 3.69. The van der Waals surface area contributed by atoms with Crippen LogP contribution < -0.4 is 10.4 Å². The van der Waals surface area contributed by atoms with Crippen molar-refractivity contribution >= 4 is 17.3 Å². The molecule has 0 aliphatic rings. The van der Waals surface area contributed by atoms with Crippen molar-refractivity contribution in [1.82, 2.24) is 4.90 Å². The second-order valence-corrected chi connectivity index (χ2v) is 5.10. The largest absolute Gasteiger partial charge is 2.00 e. The topological polar surface area (TPSA) is 80.0 Å². The first-order chi connectivity index (χ1) is 11.0. The van der Waals surface area contributed by atoms with Gasteiger partial charge < -0.3 is 33.0 Å². The summed E-state index contributed by atoms with van der Waals surface area (Å²) in [5, 5.41) is 10.6. The van der Waals surface area contributed by atoms with Gasteiger partial charge in [0.05, 0.1) is 7.11 Å².